The minimum atomic E-state index is -0.857. The maximum absolute atomic E-state index is 9.52. The van der Waals surface area contributed by atoms with Crippen molar-refractivity contribution in [3.63, 3.8) is 0 Å². The average Bonchev–Trinajstić information content (AvgIpc) is 2.30. The lowest BCUT2D eigenvalue weighted by molar-refractivity contribution is -0.0333. The minimum absolute atomic E-state index is 0.131. The molecule has 1 aromatic carbocycles. The molecule has 0 aliphatic rings. The van der Waals surface area contributed by atoms with E-state index in [1.807, 2.05) is 30.3 Å². The number of hydrogen-bond donors (Lipinski definition) is 2. The monoisotopic (exact) mass is 226 g/mol. The van der Waals surface area contributed by atoms with E-state index in [1.54, 1.807) is 0 Å². The molecule has 2 unspecified atom stereocenters. The van der Waals surface area contributed by atoms with Gasteiger partial charge in [-0.25, -0.2) is 0 Å². The second-order valence-corrected chi connectivity index (χ2v) is 3.54. The lowest BCUT2D eigenvalue weighted by atomic mass is 10.1. The van der Waals surface area contributed by atoms with Gasteiger partial charge in [0.15, 0.2) is 0 Å². The van der Waals surface area contributed by atoms with E-state index in [9.17, 15) is 10.2 Å². The summed E-state index contributed by atoms with van der Waals surface area (Å²) in [4.78, 5) is 0. The van der Waals surface area contributed by atoms with Gasteiger partial charge >= 0.3 is 0 Å². The molecule has 0 bridgehead atoms. The quantitative estimate of drug-likeness (QED) is 0.723. The first-order chi connectivity index (χ1) is 7.74. The molecule has 0 heterocycles. The Hall–Kier alpha value is -1.10. The van der Waals surface area contributed by atoms with Gasteiger partial charge in [0, 0.05) is 13.5 Å². The molecule has 2 N–H and O–H groups in total. The van der Waals surface area contributed by atoms with Crippen LogP contribution < -0.4 is 4.74 Å². The lowest BCUT2D eigenvalue weighted by Gasteiger charge is -2.17. The molecule has 90 valence electrons. The molecule has 0 amide bonds. The Bertz CT molecular complexity index is 276. The van der Waals surface area contributed by atoms with Crippen molar-refractivity contribution in [2.75, 3.05) is 20.3 Å². The molecule has 2 atom stereocenters. The van der Waals surface area contributed by atoms with Crippen LogP contribution in [0, 0.1) is 0 Å². The number of hydrogen-bond acceptors (Lipinski definition) is 4. The molecule has 0 saturated heterocycles. The molecular weight excluding hydrogens is 208 g/mol. The van der Waals surface area contributed by atoms with Crippen molar-refractivity contribution < 1.29 is 19.7 Å². The lowest BCUT2D eigenvalue weighted by Crippen LogP contribution is -2.31. The van der Waals surface area contributed by atoms with E-state index < -0.39 is 12.2 Å². The van der Waals surface area contributed by atoms with Crippen molar-refractivity contribution in [2.45, 2.75) is 18.6 Å². The normalized spacial score (nSPS) is 14.4. The first kappa shape index (κ1) is 13.0. The Morgan fingerprint density at radius 2 is 1.81 bits per heavy atom. The summed E-state index contributed by atoms with van der Waals surface area (Å²) in [5.74, 6) is 0.760. The molecule has 0 aliphatic carbocycles. The van der Waals surface area contributed by atoms with Gasteiger partial charge in [-0.2, -0.15) is 0 Å². The maximum atomic E-state index is 9.52. The van der Waals surface area contributed by atoms with E-state index in [4.69, 9.17) is 9.47 Å². The van der Waals surface area contributed by atoms with Gasteiger partial charge in [-0.3, -0.25) is 0 Å². The number of ether oxygens (including phenoxy) is 2. The molecule has 1 rings (SSSR count). The number of rotatable bonds is 7. The summed E-state index contributed by atoms with van der Waals surface area (Å²) in [7, 11) is 1.48. The average molecular weight is 226 g/mol. The number of benzene rings is 1. The van der Waals surface area contributed by atoms with Crippen LogP contribution in [-0.4, -0.2) is 42.7 Å². The summed E-state index contributed by atoms with van der Waals surface area (Å²) in [6, 6.07) is 9.36. The fraction of sp³-hybridized carbons (Fsp3) is 0.500. The maximum Gasteiger partial charge on any atom is 0.119 e. The van der Waals surface area contributed by atoms with Crippen LogP contribution in [0.3, 0.4) is 0 Å². The Kier molecular flexibility index (Phi) is 5.85. The summed E-state index contributed by atoms with van der Waals surface area (Å²) in [5.41, 5.74) is 0. The predicted octanol–water partition coefficient (Wildman–Crippen LogP) is 0.824. The highest BCUT2D eigenvalue weighted by Crippen LogP contribution is 2.09. The molecule has 4 heteroatoms. The largest absolute Gasteiger partial charge is 0.493 e. The summed E-state index contributed by atoms with van der Waals surface area (Å²) in [6.45, 7) is 0.498. The zero-order valence-electron chi connectivity index (χ0n) is 9.37. The zero-order chi connectivity index (χ0) is 11.8. The van der Waals surface area contributed by atoms with Crippen molar-refractivity contribution in [3.05, 3.63) is 30.3 Å². The summed E-state index contributed by atoms with van der Waals surface area (Å²) in [6.07, 6.45) is -1.30. The topological polar surface area (TPSA) is 58.9 Å². The minimum Gasteiger partial charge on any atom is -0.493 e. The number of aliphatic hydroxyl groups is 2. The van der Waals surface area contributed by atoms with Crippen LogP contribution in [0.15, 0.2) is 30.3 Å². The predicted molar refractivity (Wildman–Crippen MR) is 60.4 cm³/mol. The Balaban J connectivity index is 2.20. The van der Waals surface area contributed by atoms with Crippen molar-refractivity contribution in [1.82, 2.24) is 0 Å². The summed E-state index contributed by atoms with van der Waals surface area (Å²) >= 11 is 0. The number of methoxy groups -OCH3 is 1. The molecule has 16 heavy (non-hydrogen) atoms. The van der Waals surface area contributed by atoms with Crippen LogP contribution in [-0.2, 0) is 4.74 Å². The third kappa shape index (κ3) is 4.61. The smallest absolute Gasteiger partial charge is 0.119 e. The molecule has 4 nitrogen and oxygen atoms in total. The molecule has 1 aromatic rings. The molecule has 0 aliphatic heterocycles. The van der Waals surface area contributed by atoms with Gasteiger partial charge < -0.3 is 19.7 Å². The summed E-state index contributed by atoms with van der Waals surface area (Å²) in [5, 5.41) is 18.9. The molecule has 0 radical (unpaired) electrons. The van der Waals surface area contributed by atoms with E-state index in [1.165, 1.54) is 7.11 Å². The Morgan fingerprint density at radius 3 is 2.44 bits per heavy atom. The standard InChI is InChI=1S/C12H18O4/c1-15-9-12(14)11(13)7-8-16-10-5-3-2-4-6-10/h2-6,11-14H,7-9H2,1H3. The van der Waals surface area contributed by atoms with Crippen molar-refractivity contribution in [2.24, 2.45) is 0 Å². The first-order valence-electron chi connectivity index (χ1n) is 5.27. The van der Waals surface area contributed by atoms with E-state index in [2.05, 4.69) is 0 Å². The molecule has 0 saturated carbocycles. The van der Waals surface area contributed by atoms with Crippen LogP contribution in [0.25, 0.3) is 0 Å². The SMILES string of the molecule is COCC(O)C(O)CCOc1ccccc1. The second kappa shape index (κ2) is 7.22. The van der Waals surface area contributed by atoms with Crippen molar-refractivity contribution in [1.29, 1.82) is 0 Å². The van der Waals surface area contributed by atoms with Crippen LogP contribution in [0.1, 0.15) is 6.42 Å². The van der Waals surface area contributed by atoms with E-state index in [0.29, 0.717) is 13.0 Å². The van der Waals surface area contributed by atoms with Crippen LogP contribution in [0.5, 0.6) is 5.75 Å². The van der Waals surface area contributed by atoms with Crippen LogP contribution >= 0.6 is 0 Å². The third-order valence-corrected chi connectivity index (χ3v) is 2.21. The van der Waals surface area contributed by atoms with Gasteiger partial charge in [0.25, 0.3) is 0 Å². The van der Waals surface area contributed by atoms with E-state index in [0.717, 1.165) is 5.75 Å². The van der Waals surface area contributed by atoms with Crippen molar-refractivity contribution >= 4 is 0 Å². The number of para-hydroxylation sites is 1. The first-order valence-corrected chi connectivity index (χ1v) is 5.27. The highest BCUT2D eigenvalue weighted by Gasteiger charge is 2.15. The molecule has 0 fully saturated rings. The van der Waals surface area contributed by atoms with Gasteiger partial charge in [0.05, 0.1) is 19.3 Å². The van der Waals surface area contributed by atoms with Crippen LogP contribution in [0.2, 0.25) is 0 Å². The highest BCUT2D eigenvalue weighted by molar-refractivity contribution is 5.20. The summed E-state index contributed by atoms with van der Waals surface area (Å²) < 4.78 is 10.1. The van der Waals surface area contributed by atoms with Crippen molar-refractivity contribution in [3.8, 4) is 5.75 Å². The zero-order valence-corrected chi connectivity index (χ0v) is 9.37. The Morgan fingerprint density at radius 1 is 1.12 bits per heavy atom. The fourth-order valence-corrected chi connectivity index (χ4v) is 1.29. The van der Waals surface area contributed by atoms with Gasteiger partial charge in [0.1, 0.15) is 11.9 Å². The van der Waals surface area contributed by atoms with Crippen LogP contribution in [0.4, 0.5) is 0 Å². The van der Waals surface area contributed by atoms with Gasteiger partial charge in [0.2, 0.25) is 0 Å². The van der Waals surface area contributed by atoms with E-state index >= 15 is 0 Å². The van der Waals surface area contributed by atoms with Gasteiger partial charge in [-0.1, -0.05) is 18.2 Å². The number of aliphatic hydroxyl groups excluding tert-OH is 2. The second-order valence-electron chi connectivity index (χ2n) is 3.54. The van der Waals surface area contributed by atoms with E-state index in [-0.39, 0.29) is 6.61 Å². The fourth-order valence-electron chi connectivity index (χ4n) is 1.29. The highest BCUT2D eigenvalue weighted by atomic mass is 16.5. The van der Waals surface area contributed by atoms with Gasteiger partial charge in [-0.05, 0) is 12.1 Å². The Labute approximate surface area is 95.4 Å². The third-order valence-electron chi connectivity index (χ3n) is 2.21. The van der Waals surface area contributed by atoms with Gasteiger partial charge in [-0.15, -0.1) is 0 Å². The molecular formula is C12H18O4. The molecule has 0 aromatic heterocycles. The molecule has 0 spiro atoms.